The summed E-state index contributed by atoms with van der Waals surface area (Å²) in [7, 11) is 1.61. The van der Waals surface area contributed by atoms with Gasteiger partial charge in [0.2, 0.25) is 5.91 Å². The molecule has 3 aromatic rings. The van der Waals surface area contributed by atoms with Crippen molar-refractivity contribution in [3.8, 4) is 11.4 Å². The van der Waals surface area contributed by atoms with Crippen LogP contribution in [-0.2, 0) is 22.6 Å². The van der Waals surface area contributed by atoms with E-state index in [2.05, 4.69) is 18.7 Å². The molecule has 4 rings (SSSR count). The van der Waals surface area contributed by atoms with Gasteiger partial charge in [0.1, 0.15) is 11.6 Å². The van der Waals surface area contributed by atoms with Crippen LogP contribution in [0.1, 0.15) is 37.1 Å². The Kier molecular flexibility index (Phi) is 8.54. The number of nitrogens with zero attached hydrogens (tertiary/aromatic N) is 4. The van der Waals surface area contributed by atoms with Crippen molar-refractivity contribution >= 4 is 23.3 Å². The summed E-state index contributed by atoms with van der Waals surface area (Å²) in [5.41, 5.74) is 2.77. The monoisotopic (exact) mass is 510 g/mol. The van der Waals surface area contributed by atoms with Crippen LogP contribution >= 0.6 is 11.6 Å². The zero-order valence-electron chi connectivity index (χ0n) is 21.0. The van der Waals surface area contributed by atoms with E-state index in [0.29, 0.717) is 60.6 Å². The highest BCUT2D eigenvalue weighted by Crippen LogP contribution is 2.31. The first-order valence-corrected chi connectivity index (χ1v) is 12.6. The molecule has 0 radical (unpaired) electrons. The van der Waals surface area contributed by atoms with E-state index < -0.39 is 0 Å². The molecule has 1 amide bonds. The van der Waals surface area contributed by atoms with E-state index in [0.717, 1.165) is 16.9 Å². The molecule has 1 aromatic heterocycles. The number of anilines is 1. The van der Waals surface area contributed by atoms with Crippen molar-refractivity contribution in [3.05, 3.63) is 76.2 Å². The van der Waals surface area contributed by atoms with Gasteiger partial charge in [0.15, 0.2) is 5.82 Å². The van der Waals surface area contributed by atoms with Gasteiger partial charge >= 0.3 is 0 Å². The van der Waals surface area contributed by atoms with E-state index in [9.17, 15) is 9.18 Å². The Hall–Kier alpha value is -3.03. The number of rotatable bonds is 8. The molecule has 0 bridgehead atoms. The van der Waals surface area contributed by atoms with Crippen molar-refractivity contribution in [2.75, 3.05) is 38.2 Å². The zero-order chi connectivity index (χ0) is 25.7. The van der Waals surface area contributed by atoms with Crippen LogP contribution in [-0.4, -0.2) is 54.1 Å². The molecule has 0 aliphatic carbocycles. The minimum Gasteiger partial charge on any atom is -0.378 e. The van der Waals surface area contributed by atoms with Crippen LogP contribution < -0.4 is 4.90 Å². The van der Waals surface area contributed by atoms with Crippen molar-refractivity contribution in [2.24, 2.45) is 5.92 Å². The smallest absolute Gasteiger partial charge is 0.222 e. The molecule has 2 heterocycles. The Morgan fingerprint density at radius 1 is 1.03 bits per heavy atom. The van der Waals surface area contributed by atoms with Crippen molar-refractivity contribution in [1.82, 2.24) is 14.9 Å². The quantitative estimate of drug-likeness (QED) is 0.408. The largest absolute Gasteiger partial charge is 0.378 e. The first kappa shape index (κ1) is 26.0. The van der Waals surface area contributed by atoms with E-state index in [1.807, 2.05) is 35.2 Å². The molecule has 0 unspecified atom stereocenters. The molecule has 2 aromatic carbocycles. The van der Waals surface area contributed by atoms with Crippen LogP contribution in [0.5, 0.6) is 0 Å². The van der Waals surface area contributed by atoms with Crippen molar-refractivity contribution in [2.45, 2.75) is 33.3 Å². The topological polar surface area (TPSA) is 58.6 Å². The lowest BCUT2D eigenvalue weighted by atomic mass is 10.0. The van der Waals surface area contributed by atoms with Gasteiger partial charge in [-0.3, -0.25) is 4.79 Å². The number of ether oxygens (including phenoxy) is 1. The first-order chi connectivity index (χ1) is 17.4. The summed E-state index contributed by atoms with van der Waals surface area (Å²) >= 11 is 6.40. The fourth-order valence-corrected chi connectivity index (χ4v) is 4.69. The lowest BCUT2D eigenvalue weighted by Crippen LogP contribution is -2.49. The molecule has 1 aliphatic rings. The molecular formula is C28H32ClFN4O2. The molecular weight excluding hydrogens is 479 g/mol. The van der Waals surface area contributed by atoms with E-state index in [1.165, 1.54) is 6.07 Å². The summed E-state index contributed by atoms with van der Waals surface area (Å²) in [5.74, 6) is 1.44. The molecule has 0 saturated carbocycles. The molecule has 0 spiro atoms. The van der Waals surface area contributed by atoms with E-state index in [-0.39, 0.29) is 24.8 Å². The van der Waals surface area contributed by atoms with E-state index >= 15 is 0 Å². The second-order valence-electron chi connectivity index (χ2n) is 9.44. The predicted molar refractivity (Wildman–Crippen MR) is 141 cm³/mol. The molecule has 36 heavy (non-hydrogen) atoms. The molecule has 1 saturated heterocycles. The third-order valence-corrected chi connectivity index (χ3v) is 6.67. The van der Waals surface area contributed by atoms with Gasteiger partial charge in [-0.05, 0) is 18.1 Å². The maximum atomic E-state index is 14.8. The SMILES string of the molecule is COCc1nc(-c2ccccc2)nc(N2CCN(C(=O)CC(C)C)CC2)c1Cc1c(F)cccc1Cl. The molecule has 190 valence electrons. The second-order valence-corrected chi connectivity index (χ2v) is 9.85. The maximum absolute atomic E-state index is 14.8. The number of aromatic nitrogens is 2. The molecule has 0 atom stereocenters. The van der Waals surface area contributed by atoms with Gasteiger partial charge in [0.05, 0.1) is 12.3 Å². The predicted octanol–water partition coefficient (Wildman–Crippen LogP) is 5.37. The number of methoxy groups -OCH3 is 1. The van der Waals surface area contributed by atoms with Crippen LogP contribution in [0.15, 0.2) is 48.5 Å². The number of halogens is 2. The molecule has 0 N–H and O–H groups in total. The minimum atomic E-state index is -0.368. The average Bonchev–Trinajstić information content (AvgIpc) is 2.87. The summed E-state index contributed by atoms with van der Waals surface area (Å²) in [6.07, 6.45) is 0.780. The van der Waals surface area contributed by atoms with Gasteiger partial charge in [-0.2, -0.15) is 0 Å². The molecule has 6 nitrogen and oxygen atoms in total. The van der Waals surface area contributed by atoms with Gasteiger partial charge < -0.3 is 14.5 Å². The van der Waals surface area contributed by atoms with Crippen molar-refractivity contribution in [1.29, 1.82) is 0 Å². The van der Waals surface area contributed by atoms with Crippen LogP contribution in [0, 0.1) is 11.7 Å². The van der Waals surface area contributed by atoms with Crippen molar-refractivity contribution < 1.29 is 13.9 Å². The Labute approximate surface area is 217 Å². The number of piperazine rings is 1. The normalized spacial score (nSPS) is 13.9. The van der Waals surface area contributed by atoms with Crippen molar-refractivity contribution in [3.63, 3.8) is 0 Å². The average molecular weight is 511 g/mol. The lowest BCUT2D eigenvalue weighted by molar-refractivity contribution is -0.132. The van der Waals surface area contributed by atoms with Crippen LogP contribution in [0.2, 0.25) is 5.02 Å². The standard InChI is InChI=1S/C28H32ClFN4O2/c1-19(2)16-26(35)33-12-14-34(15-13-33)28-22(17-21-23(29)10-7-11-24(21)30)25(18-36-3)31-27(32-28)20-8-5-4-6-9-20/h4-11,19H,12-18H2,1-3H3. The van der Waals surface area contributed by atoms with Gasteiger partial charge in [0, 0.05) is 67.8 Å². The van der Waals surface area contributed by atoms with Gasteiger partial charge in [-0.1, -0.05) is 61.8 Å². The van der Waals surface area contributed by atoms with E-state index in [1.54, 1.807) is 19.2 Å². The third-order valence-electron chi connectivity index (χ3n) is 6.31. The number of hydrogen-bond acceptors (Lipinski definition) is 5. The Balaban J connectivity index is 1.75. The Morgan fingerprint density at radius 3 is 2.39 bits per heavy atom. The summed E-state index contributed by atoms with van der Waals surface area (Å²) in [5, 5.41) is 0.362. The Morgan fingerprint density at radius 2 is 1.75 bits per heavy atom. The minimum absolute atomic E-state index is 0.177. The summed E-state index contributed by atoms with van der Waals surface area (Å²) in [4.78, 5) is 26.5. The Bertz CT molecular complexity index is 1180. The highest BCUT2D eigenvalue weighted by Gasteiger charge is 2.27. The number of carbonyl (C=O) groups excluding carboxylic acids is 1. The van der Waals surface area contributed by atoms with Crippen LogP contribution in [0.3, 0.4) is 0 Å². The highest BCUT2D eigenvalue weighted by molar-refractivity contribution is 6.31. The summed E-state index contributed by atoms with van der Waals surface area (Å²) in [6, 6.07) is 14.5. The molecule has 8 heteroatoms. The fraction of sp³-hybridized carbons (Fsp3) is 0.393. The second kappa shape index (κ2) is 11.8. The summed E-state index contributed by atoms with van der Waals surface area (Å²) < 4.78 is 20.3. The lowest BCUT2D eigenvalue weighted by Gasteiger charge is -2.37. The van der Waals surface area contributed by atoms with Crippen LogP contribution in [0.25, 0.3) is 11.4 Å². The highest BCUT2D eigenvalue weighted by atomic mass is 35.5. The number of hydrogen-bond donors (Lipinski definition) is 0. The number of carbonyl (C=O) groups is 1. The molecule has 1 aliphatic heterocycles. The van der Waals surface area contributed by atoms with Gasteiger partial charge in [-0.25, -0.2) is 14.4 Å². The van der Waals surface area contributed by atoms with Gasteiger partial charge in [-0.15, -0.1) is 0 Å². The number of benzene rings is 2. The first-order valence-electron chi connectivity index (χ1n) is 12.3. The maximum Gasteiger partial charge on any atom is 0.222 e. The van der Waals surface area contributed by atoms with Crippen LogP contribution in [0.4, 0.5) is 10.2 Å². The van der Waals surface area contributed by atoms with Gasteiger partial charge in [0.25, 0.3) is 0 Å². The number of amides is 1. The van der Waals surface area contributed by atoms with E-state index in [4.69, 9.17) is 26.3 Å². The third kappa shape index (κ3) is 6.02. The fourth-order valence-electron chi connectivity index (χ4n) is 4.46. The molecule has 1 fully saturated rings. The zero-order valence-corrected chi connectivity index (χ0v) is 21.8. The summed E-state index contributed by atoms with van der Waals surface area (Å²) in [6.45, 7) is 6.82.